The lowest BCUT2D eigenvalue weighted by molar-refractivity contribution is -0.147. The van der Waals surface area contributed by atoms with E-state index in [-0.39, 0.29) is 75.4 Å². The van der Waals surface area contributed by atoms with Crippen LogP contribution in [0, 0.1) is 16.7 Å². The quantitative estimate of drug-likeness (QED) is 0.0186. The summed E-state index contributed by atoms with van der Waals surface area (Å²) in [5, 5.41) is 33.4. The summed E-state index contributed by atoms with van der Waals surface area (Å²) < 4.78 is 0. The molecule has 22 nitrogen and oxygen atoms in total. The first-order chi connectivity index (χ1) is 32.3. The Balaban J connectivity index is 2.10. The largest absolute Gasteiger partial charge is 0.370 e. The summed E-state index contributed by atoms with van der Waals surface area (Å²) in [6.07, 6.45) is 15.4. The van der Waals surface area contributed by atoms with Crippen molar-refractivity contribution in [2.75, 3.05) is 20.1 Å². The van der Waals surface area contributed by atoms with Crippen molar-refractivity contribution < 1.29 is 43.2 Å². The molecule has 0 aromatic rings. The van der Waals surface area contributed by atoms with Gasteiger partial charge in [-0.3, -0.25) is 63.8 Å². The summed E-state index contributed by atoms with van der Waals surface area (Å²) in [4.78, 5) is 120. The Morgan fingerprint density at radius 2 is 1.03 bits per heavy atom. The second-order valence-corrected chi connectivity index (χ2v) is 18.4. The Kier molecular flexibility index (Phi) is 26.8. The van der Waals surface area contributed by atoms with Gasteiger partial charge in [0, 0.05) is 26.6 Å². The minimum atomic E-state index is -1.41. The van der Waals surface area contributed by atoms with Crippen LogP contribution in [0.4, 0.5) is 0 Å². The van der Waals surface area contributed by atoms with Crippen molar-refractivity contribution in [3.8, 4) is 0 Å². The predicted molar refractivity (Wildman–Crippen MR) is 256 cm³/mol. The molecular weight excluding hydrogens is 879 g/mol. The second-order valence-electron chi connectivity index (χ2n) is 18.4. The third kappa shape index (κ3) is 21.4. The van der Waals surface area contributed by atoms with Crippen LogP contribution in [0.5, 0.6) is 0 Å². The van der Waals surface area contributed by atoms with Crippen LogP contribution >= 0.6 is 0 Å². The molecule has 0 bridgehead atoms. The molecule has 2 heterocycles. The monoisotopic (exact) mass is 960 g/mol. The maximum atomic E-state index is 14.0. The number of amides is 9. The first kappa shape index (κ1) is 58.3. The first-order valence-electron chi connectivity index (χ1n) is 24.6. The minimum Gasteiger partial charge on any atom is -0.370 e. The molecule has 0 spiro atoms. The number of hydrogen-bond donors (Lipinski definition) is 11. The molecule has 0 unspecified atom stereocenters. The maximum absolute atomic E-state index is 14.0. The predicted octanol–water partition coefficient (Wildman–Crippen LogP) is 1.00. The Morgan fingerprint density at radius 1 is 0.588 bits per heavy atom. The molecule has 9 amide bonds. The highest BCUT2D eigenvalue weighted by Crippen LogP contribution is 2.19. The zero-order chi connectivity index (χ0) is 50.8. The van der Waals surface area contributed by atoms with Gasteiger partial charge in [0.05, 0.1) is 12.8 Å². The number of nitrogens with zero attached hydrogens (tertiary/aromatic N) is 2. The van der Waals surface area contributed by atoms with E-state index in [2.05, 4.69) is 44.1 Å². The van der Waals surface area contributed by atoms with Crippen LogP contribution in [0.25, 0.3) is 0 Å². The fraction of sp³-hybridized carbons (Fsp3) is 0.761. The summed E-state index contributed by atoms with van der Waals surface area (Å²) in [5.41, 5.74) is 10.9. The van der Waals surface area contributed by atoms with Crippen molar-refractivity contribution in [2.45, 2.75) is 199 Å². The molecule has 0 saturated carbocycles. The van der Waals surface area contributed by atoms with Crippen molar-refractivity contribution in [2.24, 2.45) is 17.4 Å². The van der Waals surface area contributed by atoms with Gasteiger partial charge in [0.2, 0.25) is 41.4 Å². The average molecular weight is 960 g/mol. The lowest BCUT2D eigenvalue weighted by Gasteiger charge is -2.27. The van der Waals surface area contributed by atoms with E-state index in [0.717, 1.165) is 24.2 Å². The van der Waals surface area contributed by atoms with Gasteiger partial charge >= 0.3 is 0 Å². The van der Waals surface area contributed by atoms with E-state index in [1.807, 2.05) is 13.8 Å². The molecule has 13 N–H and O–H groups in total. The summed E-state index contributed by atoms with van der Waals surface area (Å²) in [7, 11) is 1.27. The van der Waals surface area contributed by atoms with Crippen LogP contribution < -0.4 is 48.7 Å². The number of carbonyl (C=O) groups excluding carboxylic acids is 9. The number of unbranched alkanes of at least 4 members (excludes halogenated alkanes) is 12. The summed E-state index contributed by atoms with van der Waals surface area (Å²) in [6.45, 7) is 7.58. The molecule has 0 radical (unpaired) electrons. The number of carbonyl (C=O) groups is 9. The molecule has 2 rings (SSSR count). The number of likely N-dealkylation sites (N-methyl/N-ethyl adjacent to an activating group) is 1. The van der Waals surface area contributed by atoms with Crippen molar-refractivity contribution in [1.82, 2.24) is 47.0 Å². The second kappa shape index (κ2) is 31.3. The van der Waals surface area contributed by atoms with Crippen molar-refractivity contribution in [3.05, 3.63) is 0 Å². The van der Waals surface area contributed by atoms with E-state index < -0.39 is 89.9 Å². The maximum Gasteiger partial charge on any atom is 0.253 e. The number of hydrogen-bond acceptors (Lipinski definition) is 11. The minimum absolute atomic E-state index is 0.0266. The molecule has 384 valence electrons. The Hall–Kier alpha value is -5.83. The van der Waals surface area contributed by atoms with Gasteiger partial charge in [-0.25, -0.2) is 0 Å². The Labute approximate surface area is 401 Å². The summed E-state index contributed by atoms with van der Waals surface area (Å²) in [5.74, 6) is -6.85. The highest BCUT2D eigenvalue weighted by atomic mass is 16.2. The number of nitrogens with two attached hydrogens (primary N) is 2. The molecule has 0 aromatic carbocycles. The molecular formula is C46H81N13O9. The normalized spacial score (nSPS) is 17.6. The van der Waals surface area contributed by atoms with Gasteiger partial charge in [0.15, 0.2) is 11.9 Å². The SMILES string of the molecule is CCCCCCCCCCCCCCCC(=O)N[C@@H](CCCNC(=N)N)C(=O)N[C@@H](CC(C)C)C(=O)N[C@@H](CCCNC(=N)N)C(=O)N[C@H]1CC(=O)N([C@@H](C)C(=O)N[C@H]2CC(=O)N(C)C2=O)C1=O. The highest BCUT2D eigenvalue weighted by molar-refractivity contribution is 6.11. The summed E-state index contributed by atoms with van der Waals surface area (Å²) in [6, 6.07) is -7.47. The van der Waals surface area contributed by atoms with Crippen LogP contribution in [0.1, 0.15) is 163 Å². The number of guanidine groups is 2. The topological polar surface area (TPSA) is 344 Å². The first-order valence-corrected chi connectivity index (χ1v) is 24.6. The van der Waals surface area contributed by atoms with E-state index in [4.69, 9.17) is 22.3 Å². The van der Waals surface area contributed by atoms with E-state index in [9.17, 15) is 43.2 Å². The Bertz CT molecular complexity index is 1750. The fourth-order valence-electron chi connectivity index (χ4n) is 8.13. The molecule has 2 aliphatic rings. The van der Waals surface area contributed by atoms with Crippen molar-refractivity contribution in [1.29, 1.82) is 10.8 Å². The average Bonchev–Trinajstić information content (AvgIpc) is 3.69. The van der Waals surface area contributed by atoms with E-state index in [1.54, 1.807) is 0 Å². The lowest BCUT2D eigenvalue weighted by atomic mass is 10.0. The van der Waals surface area contributed by atoms with E-state index in [0.29, 0.717) is 17.7 Å². The molecule has 68 heavy (non-hydrogen) atoms. The van der Waals surface area contributed by atoms with E-state index in [1.165, 1.54) is 71.8 Å². The van der Waals surface area contributed by atoms with Crippen LogP contribution in [0.15, 0.2) is 0 Å². The van der Waals surface area contributed by atoms with Gasteiger partial charge in [0.25, 0.3) is 11.8 Å². The number of likely N-dealkylation sites (tertiary alicyclic amines) is 2. The van der Waals surface area contributed by atoms with Gasteiger partial charge < -0.3 is 48.7 Å². The third-order valence-corrected chi connectivity index (χ3v) is 12.1. The molecule has 2 saturated heterocycles. The molecule has 22 heteroatoms. The van der Waals surface area contributed by atoms with E-state index >= 15 is 0 Å². The number of imide groups is 2. The molecule has 0 aliphatic carbocycles. The van der Waals surface area contributed by atoms with Crippen LogP contribution in [0.2, 0.25) is 0 Å². The molecule has 6 atom stereocenters. The van der Waals surface area contributed by atoms with Gasteiger partial charge in [-0.05, 0) is 51.4 Å². The van der Waals surface area contributed by atoms with Crippen molar-refractivity contribution in [3.63, 3.8) is 0 Å². The zero-order valence-corrected chi connectivity index (χ0v) is 41.0. The highest BCUT2D eigenvalue weighted by Gasteiger charge is 2.46. The van der Waals surface area contributed by atoms with Crippen LogP contribution in [0.3, 0.4) is 0 Å². The van der Waals surface area contributed by atoms with Gasteiger partial charge in [-0.15, -0.1) is 0 Å². The standard InChI is InChI=1S/C46H81N13O9/c1-6-7-8-9-10-11-12-13-14-15-16-17-18-23-36(60)53-31(21-19-24-51-45(47)48)40(64)55-33(26-29(2)3)42(66)54-32(22-20-25-52-46(49)50)41(65)57-35-28-38(62)59(44(35)68)30(4)39(63)56-34-27-37(61)58(5)43(34)67/h29-35H,6-28H2,1-5H3,(H,53,60)(H,54,66)(H,55,64)(H,56,63)(H,57,65)(H4,47,48,51)(H4,49,50,52)/t30-,31-,32-,33-,34-,35-/m0/s1. The lowest BCUT2D eigenvalue weighted by Crippen LogP contribution is -2.58. The van der Waals surface area contributed by atoms with Crippen LogP contribution in [-0.4, -0.2) is 131 Å². The Morgan fingerprint density at radius 3 is 1.51 bits per heavy atom. The zero-order valence-electron chi connectivity index (χ0n) is 41.0. The van der Waals surface area contributed by atoms with Crippen molar-refractivity contribution >= 4 is 65.1 Å². The van der Waals surface area contributed by atoms with Gasteiger partial charge in [0.1, 0.15) is 36.3 Å². The third-order valence-electron chi connectivity index (χ3n) is 12.1. The van der Waals surface area contributed by atoms with Crippen LogP contribution in [-0.2, 0) is 43.2 Å². The number of nitrogens with one attached hydrogen (secondary N) is 9. The van der Waals surface area contributed by atoms with Gasteiger partial charge in [-0.2, -0.15) is 0 Å². The molecule has 2 aliphatic heterocycles. The molecule has 2 fully saturated rings. The summed E-state index contributed by atoms with van der Waals surface area (Å²) >= 11 is 0. The smallest absolute Gasteiger partial charge is 0.253 e. The fourth-order valence-corrected chi connectivity index (χ4v) is 8.13. The number of rotatable bonds is 34. The molecule has 0 aromatic heterocycles. The van der Waals surface area contributed by atoms with Gasteiger partial charge in [-0.1, -0.05) is 97.8 Å².